The molecule has 4 atom stereocenters. The average Bonchev–Trinajstić information content (AvgIpc) is 2.67. The smallest absolute Gasteiger partial charge is 0.307 e. The Kier molecular flexibility index (Phi) is 7.98. The number of piperidine rings is 2. The molecule has 4 N–H and O–H groups in total. The molecule has 0 aromatic rings. The number of aliphatic hydroxyl groups is 2. The van der Waals surface area contributed by atoms with E-state index in [2.05, 4.69) is 0 Å². The number of carboxylic acid groups (broad SMARTS) is 2. The molecule has 0 radical (unpaired) electrons. The number of nitrogens with zero attached hydrogens (tertiary/aromatic N) is 2. The third kappa shape index (κ3) is 6.02. The van der Waals surface area contributed by atoms with E-state index in [0.29, 0.717) is 25.7 Å². The van der Waals surface area contributed by atoms with Crippen molar-refractivity contribution in [2.45, 2.75) is 38.3 Å². The average molecular weight is 404 g/mol. The van der Waals surface area contributed by atoms with E-state index >= 15 is 0 Å². The molecule has 0 aromatic heterocycles. The Morgan fingerprint density at radius 1 is 0.750 bits per heavy atom. The minimum Gasteiger partial charge on any atom is -0.481 e. The molecule has 0 bridgehead atoms. The standard InChI is InChI=1S/C16H24N2O10/c19-11(15(25)27-17-5-1-3-9(7-17)13(21)22)12(20)16(26)28-18-6-2-4-10(8-18)14(23)24/h9-10,15-16,25-26H,1-8H2,(H,21,22)(H,23,24). The summed E-state index contributed by atoms with van der Waals surface area (Å²) < 4.78 is 0. The van der Waals surface area contributed by atoms with E-state index in [1.54, 1.807) is 0 Å². The van der Waals surface area contributed by atoms with Crippen molar-refractivity contribution < 1.29 is 49.3 Å². The lowest BCUT2D eigenvalue weighted by molar-refractivity contribution is -0.273. The molecule has 0 aromatic carbocycles. The van der Waals surface area contributed by atoms with Gasteiger partial charge in [0.2, 0.25) is 12.6 Å². The fourth-order valence-electron chi connectivity index (χ4n) is 3.10. The maximum atomic E-state index is 12.0. The number of Topliss-reactive ketones (excluding diaryl/α,β-unsaturated/α-hetero) is 2. The number of carbonyl (C=O) groups excluding carboxylic acids is 2. The number of hydroxylamine groups is 4. The van der Waals surface area contributed by atoms with Crippen LogP contribution in [-0.2, 0) is 28.9 Å². The van der Waals surface area contributed by atoms with Gasteiger partial charge in [0.05, 0.1) is 11.8 Å². The van der Waals surface area contributed by atoms with Crippen molar-refractivity contribution in [3.63, 3.8) is 0 Å². The summed E-state index contributed by atoms with van der Waals surface area (Å²) in [4.78, 5) is 55.8. The monoisotopic (exact) mass is 404 g/mol. The molecule has 2 heterocycles. The summed E-state index contributed by atoms with van der Waals surface area (Å²) in [6.45, 7) is 0.423. The SMILES string of the molecule is O=C(O)C1CCCN(OC(O)C(=O)C(=O)C(O)ON2CCCC(C(=O)O)C2)C1. The van der Waals surface area contributed by atoms with Crippen molar-refractivity contribution in [2.24, 2.45) is 11.8 Å². The molecule has 0 spiro atoms. The van der Waals surface area contributed by atoms with Crippen LogP contribution in [0.25, 0.3) is 0 Å². The zero-order valence-corrected chi connectivity index (χ0v) is 15.1. The minimum atomic E-state index is -2.22. The Morgan fingerprint density at radius 2 is 1.11 bits per heavy atom. The maximum Gasteiger partial charge on any atom is 0.307 e. The summed E-state index contributed by atoms with van der Waals surface area (Å²) in [5.74, 6) is -6.43. The topological polar surface area (TPSA) is 174 Å². The first-order valence-electron chi connectivity index (χ1n) is 8.92. The zero-order valence-electron chi connectivity index (χ0n) is 15.1. The molecule has 2 aliphatic rings. The zero-order chi connectivity index (χ0) is 20.8. The second-order valence-corrected chi connectivity index (χ2v) is 6.77. The first kappa shape index (κ1) is 22.3. The van der Waals surface area contributed by atoms with Crippen LogP contribution in [0.3, 0.4) is 0 Å². The number of carbonyl (C=O) groups is 4. The fraction of sp³-hybridized carbons (Fsp3) is 0.750. The van der Waals surface area contributed by atoms with Crippen molar-refractivity contribution in [3.05, 3.63) is 0 Å². The third-order valence-corrected chi connectivity index (χ3v) is 4.66. The van der Waals surface area contributed by atoms with Crippen molar-refractivity contribution in [1.29, 1.82) is 0 Å². The van der Waals surface area contributed by atoms with Gasteiger partial charge in [-0.05, 0) is 25.7 Å². The van der Waals surface area contributed by atoms with Gasteiger partial charge in [0.15, 0.2) is 0 Å². The highest BCUT2D eigenvalue weighted by molar-refractivity contribution is 6.39. The molecule has 0 amide bonds. The van der Waals surface area contributed by atoms with E-state index < -0.39 is 47.9 Å². The fourth-order valence-corrected chi connectivity index (χ4v) is 3.10. The summed E-state index contributed by atoms with van der Waals surface area (Å²) >= 11 is 0. The summed E-state index contributed by atoms with van der Waals surface area (Å²) in [6.07, 6.45) is -2.64. The van der Waals surface area contributed by atoms with Crippen LogP contribution in [0, 0.1) is 11.8 Å². The molecule has 2 saturated heterocycles. The number of aliphatic carboxylic acids is 2. The van der Waals surface area contributed by atoms with Crippen molar-refractivity contribution in [2.75, 3.05) is 26.2 Å². The predicted octanol–water partition coefficient (Wildman–Crippen LogP) is -1.78. The molecule has 0 saturated carbocycles. The summed E-state index contributed by atoms with van der Waals surface area (Å²) in [5.41, 5.74) is 0. The van der Waals surface area contributed by atoms with Crippen LogP contribution in [0.1, 0.15) is 25.7 Å². The first-order chi connectivity index (χ1) is 13.2. The van der Waals surface area contributed by atoms with Crippen LogP contribution < -0.4 is 0 Å². The number of ketones is 2. The highest BCUT2D eigenvalue weighted by Gasteiger charge is 2.36. The van der Waals surface area contributed by atoms with E-state index in [4.69, 9.17) is 19.9 Å². The molecule has 158 valence electrons. The Morgan fingerprint density at radius 3 is 1.43 bits per heavy atom. The molecule has 28 heavy (non-hydrogen) atoms. The molecule has 12 nitrogen and oxygen atoms in total. The Hall–Kier alpha value is -1.96. The van der Waals surface area contributed by atoms with E-state index in [-0.39, 0.29) is 26.2 Å². The summed E-state index contributed by atoms with van der Waals surface area (Å²) in [6, 6.07) is 0. The number of carboxylic acids is 2. The van der Waals surface area contributed by atoms with Gasteiger partial charge in [0.1, 0.15) is 0 Å². The normalized spacial score (nSPS) is 26.4. The third-order valence-electron chi connectivity index (χ3n) is 4.66. The number of hydrogen-bond donors (Lipinski definition) is 4. The molecule has 2 aliphatic heterocycles. The van der Waals surface area contributed by atoms with Crippen LogP contribution >= 0.6 is 0 Å². The quantitative estimate of drug-likeness (QED) is 0.251. The maximum absolute atomic E-state index is 12.0. The summed E-state index contributed by atoms with van der Waals surface area (Å²) in [7, 11) is 0. The lowest BCUT2D eigenvalue weighted by atomic mass is 10.00. The second-order valence-electron chi connectivity index (χ2n) is 6.77. The van der Waals surface area contributed by atoms with Crippen molar-refractivity contribution >= 4 is 23.5 Å². The van der Waals surface area contributed by atoms with Crippen LogP contribution in [0.4, 0.5) is 0 Å². The predicted molar refractivity (Wildman–Crippen MR) is 88.1 cm³/mol. The molecule has 12 heteroatoms. The number of aliphatic hydroxyl groups excluding tert-OH is 2. The molecular formula is C16H24N2O10. The Labute approximate surface area is 160 Å². The van der Waals surface area contributed by atoms with Crippen LogP contribution in [0.5, 0.6) is 0 Å². The van der Waals surface area contributed by atoms with Gasteiger partial charge < -0.3 is 20.4 Å². The van der Waals surface area contributed by atoms with Gasteiger partial charge in [0.25, 0.3) is 11.6 Å². The Bertz CT molecular complexity index is 560. The van der Waals surface area contributed by atoms with Gasteiger partial charge in [-0.3, -0.25) is 28.9 Å². The van der Waals surface area contributed by atoms with Gasteiger partial charge in [-0.15, -0.1) is 0 Å². The van der Waals surface area contributed by atoms with Gasteiger partial charge in [-0.1, -0.05) is 0 Å². The lowest BCUT2D eigenvalue weighted by Crippen LogP contribution is -2.48. The molecule has 4 unspecified atom stereocenters. The van der Waals surface area contributed by atoms with E-state index in [0.717, 1.165) is 10.1 Å². The molecular weight excluding hydrogens is 380 g/mol. The Balaban J connectivity index is 1.84. The van der Waals surface area contributed by atoms with Crippen LogP contribution in [0.15, 0.2) is 0 Å². The van der Waals surface area contributed by atoms with E-state index in [1.165, 1.54) is 0 Å². The van der Waals surface area contributed by atoms with Crippen LogP contribution in [0.2, 0.25) is 0 Å². The first-order valence-corrected chi connectivity index (χ1v) is 8.92. The summed E-state index contributed by atoms with van der Waals surface area (Å²) in [5, 5.41) is 39.8. The highest BCUT2D eigenvalue weighted by Crippen LogP contribution is 2.19. The van der Waals surface area contributed by atoms with Gasteiger partial charge >= 0.3 is 11.9 Å². The molecule has 2 rings (SSSR count). The largest absolute Gasteiger partial charge is 0.481 e. The highest BCUT2D eigenvalue weighted by atomic mass is 16.8. The van der Waals surface area contributed by atoms with Gasteiger partial charge in [0, 0.05) is 26.2 Å². The van der Waals surface area contributed by atoms with Crippen molar-refractivity contribution in [1.82, 2.24) is 10.1 Å². The number of rotatable bonds is 9. The number of hydrogen-bond acceptors (Lipinski definition) is 10. The van der Waals surface area contributed by atoms with Crippen LogP contribution in [-0.4, -0.2) is 92.8 Å². The molecule has 0 aliphatic carbocycles. The van der Waals surface area contributed by atoms with E-state index in [9.17, 15) is 29.4 Å². The molecule has 2 fully saturated rings. The second kappa shape index (κ2) is 10.0. The minimum absolute atomic E-state index is 0.0583. The van der Waals surface area contributed by atoms with E-state index in [1.807, 2.05) is 0 Å². The van der Waals surface area contributed by atoms with Crippen molar-refractivity contribution in [3.8, 4) is 0 Å². The van der Waals surface area contributed by atoms with Gasteiger partial charge in [-0.2, -0.15) is 10.1 Å². The lowest BCUT2D eigenvalue weighted by Gasteiger charge is -2.31. The van der Waals surface area contributed by atoms with Gasteiger partial charge in [-0.25, -0.2) is 0 Å².